The number of oxazole rings is 1. The van der Waals surface area contributed by atoms with Gasteiger partial charge < -0.3 is 9.52 Å². The number of fused-ring (bicyclic) bond motifs is 1. The van der Waals surface area contributed by atoms with Crippen molar-refractivity contribution in [2.75, 3.05) is 0 Å². The van der Waals surface area contributed by atoms with Crippen molar-refractivity contribution in [3.8, 4) is 22.6 Å². The van der Waals surface area contributed by atoms with Gasteiger partial charge in [-0.25, -0.2) is 14.8 Å². The lowest BCUT2D eigenvalue weighted by Crippen LogP contribution is -2.20. The number of hydrogen-bond donors (Lipinski definition) is 2. The highest BCUT2D eigenvalue weighted by molar-refractivity contribution is 5.85. The second-order valence-corrected chi connectivity index (χ2v) is 6.11. The number of aromatic carboxylic acids is 1. The van der Waals surface area contributed by atoms with Gasteiger partial charge in [-0.05, 0) is 12.5 Å². The van der Waals surface area contributed by atoms with E-state index >= 15 is 0 Å². The van der Waals surface area contributed by atoms with Crippen molar-refractivity contribution < 1.29 is 27.5 Å². The van der Waals surface area contributed by atoms with E-state index < -0.39 is 29.1 Å². The van der Waals surface area contributed by atoms with Gasteiger partial charge in [0.25, 0.3) is 5.56 Å². The van der Waals surface area contributed by atoms with Gasteiger partial charge in [-0.15, -0.1) is 0 Å². The van der Waals surface area contributed by atoms with Crippen LogP contribution in [0, 0.1) is 6.92 Å². The van der Waals surface area contributed by atoms with Gasteiger partial charge in [0.15, 0.2) is 11.3 Å². The maximum Gasteiger partial charge on any atom is 0.433 e. The number of carboxylic acids is 1. The predicted octanol–water partition coefficient (Wildman–Crippen LogP) is 3.37. The molecule has 0 aliphatic carbocycles. The van der Waals surface area contributed by atoms with Gasteiger partial charge in [0.1, 0.15) is 17.5 Å². The van der Waals surface area contributed by atoms with E-state index in [1.807, 2.05) is 0 Å². The third-order valence-electron chi connectivity index (χ3n) is 4.24. The summed E-state index contributed by atoms with van der Waals surface area (Å²) in [6, 6.07) is 7.73. The van der Waals surface area contributed by atoms with Gasteiger partial charge in [0.2, 0.25) is 5.89 Å². The first-order valence-corrected chi connectivity index (χ1v) is 8.15. The Hall–Kier alpha value is -3.89. The Morgan fingerprint density at radius 3 is 2.45 bits per heavy atom. The number of aryl methyl sites for hydroxylation is 1. The molecular formula is C18H11F3N4O4. The Balaban J connectivity index is 2.05. The Morgan fingerprint density at radius 2 is 1.86 bits per heavy atom. The Bertz CT molecular complexity index is 1300. The largest absolute Gasteiger partial charge is 0.476 e. The average molecular weight is 404 g/mol. The first-order chi connectivity index (χ1) is 13.7. The van der Waals surface area contributed by atoms with Gasteiger partial charge >= 0.3 is 12.1 Å². The lowest BCUT2D eigenvalue weighted by Gasteiger charge is -2.07. The topological polar surface area (TPSA) is 113 Å². The molecule has 29 heavy (non-hydrogen) atoms. The van der Waals surface area contributed by atoms with E-state index in [1.54, 1.807) is 18.2 Å². The zero-order valence-electron chi connectivity index (χ0n) is 14.6. The molecule has 0 amide bonds. The summed E-state index contributed by atoms with van der Waals surface area (Å²) in [6.07, 6.45) is -3.95. The number of rotatable bonds is 3. The van der Waals surface area contributed by atoms with Crippen LogP contribution in [0.2, 0.25) is 0 Å². The minimum absolute atomic E-state index is 0.0405. The van der Waals surface area contributed by atoms with Crippen LogP contribution in [0.1, 0.15) is 21.9 Å². The number of H-pyrrole nitrogens is 1. The van der Waals surface area contributed by atoms with Gasteiger partial charge in [0.05, 0.1) is 11.3 Å². The first-order valence-electron chi connectivity index (χ1n) is 8.15. The van der Waals surface area contributed by atoms with Gasteiger partial charge in [-0.3, -0.25) is 9.89 Å². The molecule has 4 rings (SSSR count). The molecule has 148 valence electrons. The second-order valence-electron chi connectivity index (χ2n) is 6.11. The SMILES string of the molecule is Cc1nc2c(-c3ccccc3)c(C(F)(F)F)[nH]n2c(=O)c1-c1nc(C(=O)O)co1. The Kier molecular flexibility index (Phi) is 4.03. The molecule has 3 aromatic heterocycles. The summed E-state index contributed by atoms with van der Waals surface area (Å²) in [4.78, 5) is 31.8. The summed E-state index contributed by atoms with van der Waals surface area (Å²) < 4.78 is 46.6. The fraction of sp³-hybridized carbons (Fsp3) is 0.111. The van der Waals surface area contributed by atoms with Crippen LogP contribution in [0.3, 0.4) is 0 Å². The number of halogens is 3. The van der Waals surface area contributed by atoms with Crippen molar-refractivity contribution in [2.24, 2.45) is 0 Å². The molecule has 0 radical (unpaired) electrons. The molecule has 0 spiro atoms. The van der Waals surface area contributed by atoms with E-state index in [-0.39, 0.29) is 33.9 Å². The van der Waals surface area contributed by atoms with Crippen LogP contribution in [-0.4, -0.2) is 30.7 Å². The third-order valence-corrected chi connectivity index (χ3v) is 4.24. The number of nitrogens with zero attached hydrogens (tertiary/aromatic N) is 3. The number of alkyl halides is 3. The Morgan fingerprint density at radius 1 is 1.17 bits per heavy atom. The number of aromatic nitrogens is 4. The second kappa shape index (κ2) is 6.33. The number of hydrogen-bond acceptors (Lipinski definition) is 5. The fourth-order valence-electron chi connectivity index (χ4n) is 2.99. The first kappa shape index (κ1) is 18.5. The lowest BCUT2D eigenvalue weighted by molar-refractivity contribution is -0.140. The van der Waals surface area contributed by atoms with Crippen LogP contribution in [0.25, 0.3) is 28.2 Å². The molecule has 8 nitrogen and oxygen atoms in total. The predicted molar refractivity (Wildman–Crippen MR) is 93.4 cm³/mol. The van der Waals surface area contributed by atoms with E-state index in [0.29, 0.717) is 4.52 Å². The van der Waals surface area contributed by atoms with Gasteiger partial charge in [0, 0.05) is 0 Å². The highest BCUT2D eigenvalue weighted by Crippen LogP contribution is 2.38. The van der Waals surface area contributed by atoms with E-state index in [4.69, 9.17) is 9.52 Å². The van der Waals surface area contributed by atoms with Gasteiger partial charge in [-0.1, -0.05) is 30.3 Å². The zero-order valence-corrected chi connectivity index (χ0v) is 14.6. The third kappa shape index (κ3) is 2.96. The number of carboxylic acid groups (broad SMARTS) is 1. The average Bonchev–Trinajstić information content (AvgIpc) is 3.27. The van der Waals surface area contributed by atoms with E-state index in [0.717, 1.165) is 6.26 Å². The summed E-state index contributed by atoms with van der Waals surface area (Å²) in [5.41, 5.74) is -2.97. The molecule has 0 saturated carbocycles. The molecular weight excluding hydrogens is 393 g/mol. The standard InChI is InChI=1S/C18H11F3N4O4/c1-8-11(15-23-10(7-29-15)17(27)28)16(26)25-14(22-8)12(9-5-3-2-4-6-9)13(24-25)18(19,20)21/h2-7,24H,1H3,(H,27,28). The molecule has 4 aromatic rings. The minimum Gasteiger partial charge on any atom is -0.476 e. The maximum atomic E-state index is 13.6. The quantitative estimate of drug-likeness (QED) is 0.541. The van der Waals surface area contributed by atoms with Crippen molar-refractivity contribution in [1.29, 1.82) is 0 Å². The molecule has 0 atom stereocenters. The summed E-state index contributed by atoms with van der Waals surface area (Å²) in [6.45, 7) is 1.40. The number of aromatic amines is 1. The van der Waals surface area contributed by atoms with Crippen LogP contribution >= 0.6 is 0 Å². The molecule has 0 aliphatic rings. The zero-order chi connectivity index (χ0) is 20.9. The minimum atomic E-state index is -4.78. The van der Waals surface area contributed by atoms with Crippen LogP contribution in [0.15, 0.2) is 45.8 Å². The molecule has 0 saturated heterocycles. The Labute approximate surface area is 159 Å². The number of benzene rings is 1. The molecule has 3 heterocycles. The van der Waals surface area contributed by atoms with Gasteiger partial charge in [-0.2, -0.15) is 17.7 Å². The molecule has 2 N–H and O–H groups in total. The maximum absolute atomic E-state index is 13.6. The molecule has 0 aliphatic heterocycles. The van der Waals surface area contributed by atoms with Crippen LogP contribution in [0.4, 0.5) is 13.2 Å². The van der Waals surface area contributed by atoms with E-state index in [2.05, 4.69) is 15.1 Å². The number of carbonyl (C=O) groups is 1. The van der Waals surface area contributed by atoms with Crippen LogP contribution in [0.5, 0.6) is 0 Å². The van der Waals surface area contributed by atoms with Crippen molar-refractivity contribution in [1.82, 2.24) is 19.6 Å². The summed E-state index contributed by atoms with van der Waals surface area (Å²) in [5, 5.41) is 11.0. The molecule has 0 unspecified atom stereocenters. The monoisotopic (exact) mass is 404 g/mol. The summed E-state index contributed by atoms with van der Waals surface area (Å²) >= 11 is 0. The normalized spacial score (nSPS) is 11.9. The van der Waals surface area contributed by atoms with Crippen molar-refractivity contribution in [3.05, 3.63) is 64.0 Å². The summed E-state index contributed by atoms with van der Waals surface area (Å²) in [7, 11) is 0. The number of nitrogens with one attached hydrogen (secondary N) is 1. The van der Waals surface area contributed by atoms with E-state index in [9.17, 15) is 22.8 Å². The molecule has 1 aromatic carbocycles. The van der Waals surface area contributed by atoms with Crippen molar-refractivity contribution >= 4 is 11.6 Å². The lowest BCUT2D eigenvalue weighted by atomic mass is 10.1. The molecule has 0 fully saturated rings. The van der Waals surface area contributed by atoms with Crippen molar-refractivity contribution in [2.45, 2.75) is 13.1 Å². The smallest absolute Gasteiger partial charge is 0.433 e. The van der Waals surface area contributed by atoms with Crippen molar-refractivity contribution in [3.63, 3.8) is 0 Å². The highest BCUT2D eigenvalue weighted by Gasteiger charge is 2.38. The van der Waals surface area contributed by atoms with Crippen LogP contribution < -0.4 is 5.56 Å². The highest BCUT2D eigenvalue weighted by atomic mass is 19.4. The fourth-order valence-corrected chi connectivity index (χ4v) is 2.99. The summed E-state index contributed by atoms with van der Waals surface area (Å²) in [5.74, 6) is -1.73. The van der Waals surface area contributed by atoms with E-state index in [1.165, 1.54) is 19.1 Å². The molecule has 11 heteroatoms. The van der Waals surface area contributed by atoms with Crippen LogP contribution in [-0.2, 0) is 6.18 Å². The molecule has 0 bridgehead atoms.